The molecule has 1 aromatic carbocycles. The predicted molar refractivity (Wildman–Crippen MR) is 133 cm³/mol. The van der Waals surface area contributed by atoms with Crippen LogP contribution < -0.4 is 45.3 Å². The third kappa shape index (κ3) is 6.50. The number of β-lactam (4-membered cyclic amide) rings is 1. The Kier molecular flexibility index (Phi) is 10.4. The van der Waals surface area contributed by atoms with Gasteiger partial charge in [-0.25, -0.2) is 24.2 Å². The summed E-state index contributed by atoms with van der Waals surface area (Å²) in [5, 5.41) is 16.1. The second kappa shape index (κ2) is 13.4. The molecular formula is C24H24N5NaO10S. The van der Waals surface area contributed by atoms with Crippen LogP contribution in [0.4, 0.5) is 14.4 Å². The van der Waals surface area contributed by atoms with Gasteiger partial charge in [0.2, 0.25) is 5.91 Å². The topological polar surface area (TPSA) is 195 Å². The smallest absolute Gasteiger partial charge is 0.543 e. The van der Waals surface area contributed by atoms with Gasteiger partial charge in [0, 0.05) is 18.2 Å². The summed E-state index contributed by atoms with van der Waals surface area (Å²) in [6.45, 7) is 0.602. The molecule has 0 saturated carbocycles. The third-order valence-electron chi connectivity index (χ3n) is 6.30. The van der Waals surface area contributed by atoms with Gasteiger partial charge in [0.05, 0.1) is 31.9 Å². The van der Waals surface area contributed by atoms with Gasteiger partial charge in [-0.05, 0) is 5.56 Å². The molecule has 2 N–H and O–H groups in total. The van der Waals surface area contributed by atoms with E-state index in [0.717, 1.165) is 40.5 Å². The Labute approximate surface area is 259 Å². The van der Waals surface area contributed by atoms with E-state index in [9.17, 15) is 38.7 Å². The summed E-state index contributed by atoms with van der Waals surface area (Å²) in [4.78, 5) is 89.0. The number of carboxylic acids is 1. The van der Waals surface area contributed by atoms with Gasteiger partial charge in [0.1, 0.15) is 24.1 Å². The Balaban J connectivity index is 0.00000462. The van der Waals surface area contributed by atoms with Gasteiger partial charge in [0.15, 0.2) is 0 Å². The molecule has 0 aromatic heterocycles. The zero-order valence-electron chi connectivity index (χ0n) is 22.3. The van der Waals surface area contributed by atoms with Gasteiger partial charge >= 0.3 is 53.7 Å². The average Bonchev–Trinajstić information content (AvgIpc) is 3.33. The van der Waals surface area contributed by atoms with Crippen LogP contribution in [-0.4, -0.2) is 101 Å². The fourth-order valence-corrected chi connectivity index (χ4v) is 5.69. The monoisotopic (exact) mass is 597 g/mol. The van der Waals surface area contributed by atoms with Crippen molar-refractivity contribution in [3.63, 3.8) is 0 Å². The number of ether oxygens (including phenoxy) is 2. The molecule has 3 aliphatic heterocycles. The summed E-state index contributed by atoms with van der Waals surface area (Å²) in [7, 11) is 1.09. The fourth-order valence-electron chi connectivity index (χ4n) is 4.36. The van der Waals surface area contributed by atoms with Crippen molar-refractivity contribution in [3.8, 4) is 0 Å². The number of benzene rings is 1. The van der Waals surface area contributed by atoms with Gasteiger partial charge in [-0.15, -0.1) is 11.8 Å². The SMILES string of the molecule is COC(=O)N1CCN(C(=O)N[C@@H](C(=O)NC2C(=O)N3C(C(=O)[O-])=C(COC(C)=O)CS[C@H]23)c2ccccc2)C1=O.[Na+]. The first kappa shape index (κ1) is 31.9. The Morgan fingerprint density at radius 3 is 2.37 bits per heavy atom. The number of fused-ring (bicyclic) bond motifs is 1. The zero-order valence-corrected chi connectivity index (χ0v) is 25.1. The van der Waals surface area contributed by atoms with E-state index in [0.29, 0.717) is 5.56 Å². The molecule has 17 heteroatoms. The van der Waals surface area contributed by atoms with E-state index >= 15 is 0 Å². The van der Waals surface area contributed by atoms with Crippen LogP contribution in [0.25, 0.3) is 0 Å². The van der Waals surface area contributed by atoms with Crippen molar-refractivity contribution in [1.29, 1.82) is 0 Å². The molecule has 0 bridgehead atoms. The van der Waals surface area contributed by atoms with Gasteiger partial charge in [0.25, 0.3) is 5.91 Å². The summed E-state index contributed by atoms with van der Waals surface area (Å²) < 4.78 is 9.41. The Morgan fingerprint density at radius 2 is 1.76 bits per heavy atom. The van der Waals surface area contributed by atoms with E-state index in [1.54, 1.807) is 30.3 Å². The summed E-state index contributed by atoms with van der Waals surface area (Å²) in [6.07, 6.45) is -0.934. The number of esters is 1. The van der Waals surface area contributed by atoms with Crippen LogP contribution in [0.2, 0.25) is 0 Å². The quantitative estimate of drug-likeness (QED) is 0.176. The van der Waals surface area contributed by atoms with Gasteiger partial charge in [-0.3, -0.25) is 19.3 Å². The van der Waals surface area contributed by atoms with Crippen LogP contribution in [0.5, 0.6) is 0 Å². The van der Waals surface area contributed by atoms with E-state index in [1.807, 2.05) is 0 Å². The van der Waals surface area contributed by atoms with Crippen LogP contribution in [-0.2, 0) is 28.7 Å². The number of carbonyl (C=O) groups excluding carboxylic acids is 7. The number of hydrogen-bond acceptors (Lipinski definition) is 11. The second-order valence-corrected chi connectivity index (χ2v) is 9.87. The number of methoxy groups -OCH3 is 1. The molecule has 2 fully saturated rings. The molecule has 0 spiro atoms. The summed E-state index contributed by atoms with van der Waals surface area (Å²) in [6, 6.07) is 3.68. The van der Waals surface area contributed by atoms with Crippen molar-refractivity contribution in [3.05, 3.63) is 47.2 Å². The minimum atomic E-state index is -1.63. The number of carboxylic acid groups (broad SMARTS) is 1. The van der Waals surface area contributed by atoms with E-state index in [2.05, 4.69) is 15.4 Å². The fraction of sp³-hybridized carbons (Fsp3) is 0.375. The number of amides is 7. The number of carbonyl (C=O) groups is 7. The number of hydrogen-bond donors (Lipinski definition) is 2. The second-order valence-electron chi connectivity index (χ2n) is 8.77. The van der Waals surface area contributed by atoms with Gasteiger partial charge < -0.3 is 30.0 Å². The molecule has 15 nitrogen and oxygen atoms in total. The van der Waals surface area contributed by atoms with Crippen molar-refractivity contribution in [2.75, 3.05) is 32.6 Å². The first-order valence-electron chi connectivity index (χ1n) is 11.9. The van der Waals surface area contributed by atoms with Crippen molar-refractivity contribution in [1.82, 2.24) is 25.3 Å². The molecule has 212 valence electrons. The number of urea groups is 2. The maximum atomic E-state index is 13.4. The Morgan fingerprint density at radius 1 is 1.10 bits per heavy atom. The molecule has 3 aliphatic rings. The van der Waals surface area contributed by atoms with Crippen LogP contribution in [0.3, 0.4) is 0 Å². The van der Waals surface area contributed by atoms with E-state index < -0.39 is 65.1 Å². The summed E-state index contributed by atoms with van der Waals surface area (Å²) >= 11 is 1.16. The number of imide groups is 2. The number of nitrogens with one attached hydrogen (secondary N) is 2. The van der Waals surface area contributed by atoms with E-state index in [-0.39, 0.29) is 60.6 Å². The molecule has 0 radical (unpaired) electrons. The zero-order chi connectivity index (χ0) is 29.1. The number of nitrogens with zero attached hydrogens (tertiary/aromatic N) is 3. The first-order valence-corrected chi connectivity index (χ1v) is 12.9. The number of rotatable bonds is 7. The third-order valence-corrected chi connectivity index (χ3v) is 7.64. The molecule has 3 atom stereocenters. The van der Waals surface area contributed by atoms with Gasteiger partial charge in [-0.1, -0.05) is 30.3 Å². The molecule has 1 unspecified atom stereocenters. The number of aliphatic carboxylic acids is 1. The minimum absolute atomic E-state index is 0. The van der Waals surface area contributed by atoms with Crippen molar-refractivity contribution in [2.24, 2.45) is 0 Å². The molecular weight excluding hydrogens is 573 g/mol. The molecule has 0 aliphatic carbocycles. The molecule has 2 saturated heterocycles. The van der Waals surface area contributed by atoms with Crippen LogP contribution >= 0.6 is 11.8 Å². The normalized spacial score (nSPS) is 20.3. The molecule has 7 amide bonds. The van der Waals surface area contributed by atoms with Crippen molar-refractivity contribution in [2.45, 2.75) is 24.4 Å². The average molecular weight is 598 g/mol. The van der Waals surface area contributed by atoms with Gasteiger partial charge in [-0.2, -0.15) is 0 Å². The largest absolute Gasteiger partial charge is 1.00 e. The standard InChI is InChI=1S/C24H25N5O10S.Na/c1-12(30)39-10-14-11-40-20-16(19(32)29(20)17(14)21(33)34)25-18(31)15(13-6-4-3-5-7-13)26-22(35)27-8-9-28(23(27)36)24(37)38-2;/h3-7,15-16,20H,8-11H2,1-2H3,(H,25,31)(H,26,35)(H,33,34);/q;+1/p-1/t15-,16?,20-;/m1./s1. The summed E-state index contributed by atoms with van der Waals surface area (Å²) in [5.74, 6) is -3.67. The maximum absolute atomic E-state index is 13.4. The Bertz CT molecular complexity index is 1310. The predicted octanol–water partition coefficient (Wildman–Crippen LogP) is -4.09. The number of thioether (sulfide) groups is 1. The first-order chi connectivity index (χ1) is 19.0. The molecule has 41 heavy (non-hydrogen) atoms. The van der Waals surface area contributed by atoms with Crippen LogP contribution in [0.15, 0.2) is 41.6 Å². The Hall–Kier alpha value is -3.60. The molecule has 1 aromatic rings. The van der Waals surface area contributed by atoms with Crippen LogP contribution in [0, 0.1) is 0 Å². The molecule has 3 heterocycles. The van der Waals surface area contributed by atoms with Crippen molar-refractivity contribution >= 4 is 53.7 Å². The van der Waals surface area contributed by atoms with E-state index in [1.165, 1.54) is 0 Å². The summed E-state index contributed by atoms with van der Waals surface area (Å²) in [5.41, 5.74) is 0.0973. The van der Waals surface area contributed by atoms with Crippen molar-refractivity contribution < 1.29 is 77.7 Å². The maximum Gasteiger partial charge on any atom is 1.00 e. The van der Waals surface area contributed by atoms with Crippen LogP contribution in [0.1, 0.15) is 18.5 Å². The van der Waals surface area contributed by atoms with E-state index in [4.69, 9.17) is 4.74 Å². The minimum Gasteiger partial charge on any atom is -0.543 e. The molecule has 4 rings (SSSR count).